The third-order valence-electron chi connectivity index (χ3n) is 9.93. The van der Waals surface area contributed by atoms with Crippen LogP contribution in [0.2, 0.25) is 0 Å². The number of hydrogen-bond acceptors (Lipinski definition) is 4. The summed E-state index contributed by atoms with van der Waals surface area (Å²) in [5, 5.41) is 2.53. The average Bonchev–Trinajstić information content (AvgIpc) is 3.23. The van der Waals surface area contributed by atoms with Crippen molar-refractivity contribution in [2.45, 2.75) is 9.79 Å². The van der Waals surface area contributed by atoms with Gasteiger partial charge in [-0.3, -0.25) is 0 Å². The van der Waals surface area contributed by atoms with Crippen LogP contribution in [0.1, 0.15) is 0 Å². The van der Waals surface area contributed by atoms with E-state index < -0.39 is 0 Å². The number of aromatic nitrogens is 3. The van der Waals surface area contributed by atoms with E-state index in [4.69, 9.17) is 15.0 Å². The van der Waals surface area contributed by atoms with Gasteiger partial charge >= 0.3 is 0 Å². The molecule has 0 bridgehead atoms. The summed E-state index contributed by atoms with van der Waals surface area (Å²) in [5.41, 5.74) is 12.4. The Balaban J connectivity index is 1.14. The van der Waals surface area contributed by atoms with E-state index in [-0.39, 0.29) is 0 Å². The standard InChI is InChI=1S/C49H31N3S/c1-3-14-32(15-4-1)35-20-9-22-37(30-35)48-50-47(34-16-5-2-6-17-34)51-49(52-48)38-23-10-21-36(31-38)39-25-13-28-43-42-27-12-19-33-18-11-26-41(45(33)42)40-24-7-8-29-44(40)53-46(39)43/h1-31H. The van der Waals surface area contributed by atoms with Gasteiger partial charge in [0.25, 0.3) is 0 Å². The molecule has 8 aromatic carbocycles. The summed E-state index contributed by atoms with van der Waals surface area (Å²) in [5.74, 6) is 1.92. The maximum absolute atomic E-state index is 5.14. The summed E-state index contributed by atoms with van der Waals surface area (Å²) in [6, 6.07) is 66.4. The molecule has 9 aromatic rings. The molecule has 0 radical (unpaired) electrons. The van der Waals surface area contributed by atoms with Crippen LogP contribution in [-0.2, 0) is 0 Å². The summed E-state index contributed by atoms with van der Waals surface area (Å²) in [4.78, 5) is 17.7. The van der Waals surface area contributed by atoms with E-state index in [0.29, 0.717) is 17.5 Å². The van der Waals surface area contributed by atoms with Crippen molar-refractivity contribution in [3.8, 4) is 78.7 Å². The molecule has 0 unspecified atom stereocenters. The van der Waals surface area contributed by atoms with Crippen LogP contribution in [0.5, 0.6) is 0 Å². The SMILES string of the molecule is c1ccc(-c2cccc(-c3nc(-c4ccccc4)nc(-c4cccc(-c5cccc6c5Sc5ccccc5-c5cccc7cccc-6c57)c4)n3)c2)cc1. The van der Waals surface area contributed by atoms with Gasteiger partial charge in [0.1, 0.15) is 0 Å². The Morgan fingerprint density at radius 3 is 1.47 bits per heavy atom. The second-order valence-electron chi connectivity index (χ2n) is 13.2. The van der Waals surface area contributed by atoms with Gasteiger partial charge in [-0.25, -0.2) is 15.0 Å². The molecule has 0 N–H and O–H groups in total. The Kier molecular flexibility index (Phi) is 7.74. The van der Waals surface area contributed by atoms with Crippen LogP contribution in [0.4, 0.5) is 0 Å². The molecule has 3 nitrogen and oxygen atoms in total. The zero-order valence-electron chi connectivity index (χ0n) is 28.6. The van der Waals surface area contributed by atoms with Gasteiger partial charge in [-0.15, -0.1) is 0 Å². The lowest BCUT2D eigenvalue weighted by atomic mass is 9.90. The monoisotopic (exact) mass is 693 g/mol. The molecule has 0 fully saturated rings. The van der Waals surface area contributed by atoms with Crippen LogP contribution in [0.25, 0.3) is 89.4 Å². The number of nitrogens with zero attached hydrogens (tertiary/aromatic N) is 3. The van der Waals surface area contributed by atoms with Crippen molar-refractivity contribution in [1.29, 1.82) is 0 Å². The molecule has 2 heterocycles. The van der Waals surface area contributed by atoms with Crippen molar-refractivity contribution in [2.24, 2.45) is 0 Å². The van der Waals surface area contributed by atoms with E-state index >= 15 is 0 Å². The third-order valence-corrected chi connectivity index (χ3v) is 11.1. The van der Waals surface area contributed by atoms with E-state index in [2.05, 4.69) is 164 Å². The zero-order valence-corrected chi connectivity index (χ0v) is 29.5. The van der Waals surface area contributed by atoms with Gasteiger partial charge in [0.05, 0.1) is 0 Å². The molecular formula is C49H31N3S. The maximum Gasteiger partial charge on any atom is 0.164 e. The summed E-state index contributed by atoms with van der Waals surface area (Å²) in [6.07, 6.45) is 0. The minimum Gasteiger partial charge on any atom is -0.208 e. The van der Waals surface area contributed by atoms with Crippen LogP contribution in [0, 0.1) is 0 Å². The number of fused-ring (bicyclic) bond motifs is 4. The van der Waals surface area contributed by atoms with Gasteiger partial charge in [-0.2, -0.15) is 0 Å². The zero-order chi connectivity index (χ0) is 35.1. The lowest BCUT2D eigenvalue weighted by Gasteiger charge is -2.22. The topological polar surface area (TPSA) is 38.7 Å². The fourth-order valence-corrected chi connectivity index (χ4v) is 8.65. The summed E-state index contributed by atoms with van der Waals surface area (Å²) >= 11 is 1.85. The van der Waals surface area contributed by atoms with E-state index in [9.17, 15) is 0 Å². The minimum absolute atomic E-state index is 0.635. The number of benzene rings is 8. The molecule has 0 spiro atoms. The first-order valence-electron chi connectivity index (χ1n) is 17.8. The Bertz CT molecular complexity index is 2810. The lowest BCUT2D eigenvalue weighted by Crippen LogP contribution is -2.00. The average molecular weight is 694 g/mol. The van der Waals surface area contributed by atoms with E-state index in [1.165, 1.54) is 48.4 Å². The van der Waals surface area contributed by atoms with Gasteiger partial charge in [0.15, 0.2) is 17.5 Å². The van der Waals surface area contributed by atoms with E-state index in [1.54, 1.807) is 0 Å². The van der Waals surface area contributed by atoms with Crippen molar-refractivity contribution >= 4 is 22.5 Å². The molecule has 0 saturated heterocycles. The predicted molar refractivity (Wildman–Crippen MR) is 220 cm³/mol. The summed E-state index contributed by atoms with van der Waals surface area (Å²) in [6.45, 7) is 0. The fourth-order valence-electron chi connectivity index (χ4n) is 7.41. The molecule has 0 atom stereocenters. The minimum atomic E-state index is 0.635. The Hall–Kier alpha value is -6.62. The van der Waals surface area contributed by atoms with Crippen LogP contribution < -0.4 is 0 Å². The first-order valence-corrected chi connectivity index (χ1v) is 18.6. The highest BCUT2D eigenvalue weighted by Gasteiger charge is 2.22. The highest BCUT2D eigenvalue weighted by atomic mass is 32.2. The van der Waals surface area contributed by atoms with Crippen molar-refractivity contribution in [3.05, 3.63) is 188 Å². The van der Waals surface area contributed by atoms with Gasteiger partial charge in [0.2, 0.25) is 0 Å². The third kappa shape index (κ3) is 5.70. The number of rotatable bonds is 5. The maximum atomic E-state index is 5.14. The fraction of sp³-hybridized carbons (Fsp3) is 0. The smallest absolute Gasteiger partial charge is 0.164 e. The summed E-state index contributed by atoms with van der Waals surface area (Å²) < 4.78 is 0. The Labute approximate surface area is 312 Å². The van der Waals surface area contributed by atoms with E-state index in [1.807, 2.05) is 36.0 Å². The predicted octanol–water partition coefficient (Wildman–Crippen LogP) is 13.2. The molecule has 0 amide bonds. The highest BCUT2D eigenvalue weighted by Crippen LogP contribution is 2.51. The number of hydrogen-bond donors (Lipinski definition) is 0. The van der Waals surface area contributed by atoms with Crippen molar-refractivity contribution in [3.63, 3.8) is 0 Å². The van der Waals surface area contributed by atoms with Gasteiger partial charge in [-0.05, 0) is 73.5 Å². The van der Waals surface area contributed by atoms with Crippen LogP contribution in [-0.4, -0.2) is 15.0 Å². The Morgan fingerprint density at radius 2 is 0.755 bits per heavy atom. The van der Waals surface area contributed by atoms with Crippen LogP contribution >= 0.6 is 11.8 Å². The normalized spacial score (nSPS) is 11.7. The molecule has 10 rings (SSSR count). The molecule has 248 valence electrons. The van der Waals surface area contributed by atoms with Crippen LogP contribution in [0.3, 0.4) is 0 Å². The molecule has 0 aliphatic carbocycles. The molecule has 4 heteroatoms. The van der Waals surface area contributed by atoms with Crippen LogP contribution in [0.15, 0.2) is 198 Å². The van der Waals surface area contributed by atoms with Crippen molar-refractivity contribution in [2.75, 3.05) is 0 Å². The molecule has 0 saturated carbocycles. The van der Waals surface area contributed by atoms with E-state index in [0.717, 1.165) is 33.4 Å². The highest BCUT2D eigenvalue weighted by molar-refractivity contribution is 7.99. The first-order chi connectivity index (χ1) is 26.3. The second kappa shape index (κ2) is 13.2. The Morgan fingerprint density at radius 1 is 0.302 bits per heavy atom. The quantitative estimate of drug-likeness (QED) is 0.180. The molecule has 1 aliphatic rings. The molecule has 1 aromatic heterocycles. The molecule has 53 heavy (non-hydrogen) atoms. The summed E-state index contributed by atoms with van der Waals surface area (Å²) in [7, 11) is 0. The van der Waals surface area contributed by atoms with Gasteiger partial charge in [0, 0.05) is 26.5 Å². The van der Waals surface area contributed by atoms with Crippen molar-refractivity contribution < 1.29 is 0 Å². The van der Waals surface area contributed by atoms with Gasteiger partial charge < -0.3 is 0 Å². The first kappa shape index (κ1) is 31.1. The molecular weight excluding hydrogens is 663 g/mol. The van der Waals surface area contributed by atoms with Crippen molar-refractivity contribution in [1.82, 2.24) is 15.0 Å². The lowest BCUT2D eigenvalue weighted by molar-refractivity contribution is 1.07. The molecule has 1 aliphatic heterocycles. The largest absolute Gasteiger partial charge is 0.208 e. The second-order valence-corrected chi connectivity index (χ2v) is 14.2. The van der Waals surface area contributed by atoms with Gasteiger partial charge in [-0.1, -0.05) is 182 Å².